The molecular formula is C9H19NO5S. The molecule has 0 saturated heterocycles. The fraction of sp³-hybridized carbons (Fsp3) is 0.889. The highest BCUT2D eigenvalue weighted by Gasteiger charge is 2.31. The molecule has 0 aromatic heterocycles. The highest BCUT2D eigenvalue weighted by atomic mass is 32.2. The molecule has 0 heterocycles. The minimum Gasteiger partial charge on any atom is -0.468 e. The van der Waals surface area contributed by atoms with Gasteiger partial charge in [-0.1, -0.05) is 13.8 Å². The van der Waals surface area contributed by atoms with Gasteiger partial charge in [0.2, 0.25) is 10.0 Å². The Morgan fingerprint density at radius 3 is 2.19 bits per heavy atom. The molecule has 0 fully saturated rings. The average Bonchev–Trinajstić information content (AvgIpc) is 2.23. The second kappa shape index (κ2) is 6.17. The van der Waals surface area contributed by atoms with Crippen molar-refractivity contribution < 1.29 is 23.1 Å². The molecule has 0 aliphatic carbocycles. The number of hydrogen-bond donors (Lipinski definition) is 2. The van der Waals surface area contributed by atoms with Gasteiger partial charge in [-0.25, -0.2) is 13.1 Å². The van der Waals surface area contributed by atoms with Gasteiger partial charge in [-0.2, -0.15) is 0 Å². The molecule has 0 rings (SSSR count). The Balaban J connectivity index is 4.74. The van der Waals surface area contributed by atoms with E-state index in [1.165, 1.54) is 6.92 Å². The second-order valence-corrected chi connectivity index (χ2v) is 5.89. The van der Waals surface area contributed by atoms with Crippen LogP contribution in [0.3, 0.4) is 0 Å². The highest BCUT2D eigenvalue weighted by Crippen LogP contribution is 2.07. The van der Waals surface area contributed by atoms with Crippen LogP contribution in [0, 0.1) is 5.92 Å². The van der Waals surface area contributed by atoms with Gasteiger partial charge in [0.25, 0.3) is 0 Å². The van der Waals surface area contributed by atoms with Crippen molar-refractivity contribution in [2.45, 2.75) is 32.1 Å². The van der Waals surface area contributed by atoms with Crippen LogP contribution in [-0.4, -0.2) is 44.5 Å². The SMILES string of the molecule is COC(=O)C(C)S(=O)(=O)N[C@H](CO)C(C)C. The van der Waals surface area contributed by atoms with E-state index < -0.39 is 27.3 Å². The van der Waals surface area contributed by atoms with Crippen molar-refractivity contribution >= 4 is 16.0 Å². The predicted octanol–water partition coefficient (Wildman–Crippen LogP) is -0.516. The molecule has 0 aromatic carbocycles. The first kappa shape index (κ1) is 15.3. The topological polar surface area (TPSA) is 92.7 Å². The second-order valence-electron chi connectivity index (χ2n) is 3.86. The summed E-state index contributed by atoms with van der Waals surface area (Å²) in [6.07, 6.45) is 0. The Labute approximate surface area is 96.0 Å². The Kier molecular flexibility index (Phi) is 5.91. The number of hydrogen-bond acceptors (Lipinski definition) is 5. The molecule has 0 spiro atoms. The summed E-state index contributed by atoms with van der Waals surface area (Å²) < 4.78 is 30.0. The van der Waals surface area contributed by atoms with Gasteiger partial charge in [0.05, 0.1) is 13.7 Å². The lowest BCUT2D eigenvalue weighted by atomic mass is 10.1. The lowest BCUT2D eigenvalue weighted by Gasteiger charge is -2.21. The molecule has 0 amide bonds. The number of methoxy groups -OCH3 is 1. The molecule has 1 unspecified atom stereocenters. The van der Waals surface area contributed by atoms with E-state index in [0.717, 1.165) is 7.11 Å². The van der Waals surface area contributed by atoms with Crippen LogP contribution in [0.5, 0.6) is 0 Å². The Bertz CT molecular complexity index is 325. The van der Waals surface area contributed by atoms with Gasteiger partial charge in [0.1, 0.15) is 0 Å². The molecule has 96 valence electrons. The minimum absolute atomic E-state index is 0.0652. The Morgan fingerprint density at radius 1 is 1.38 bits per heavy atom. The lowest BCUT2D eigenvalue weighted by Crippen LogP contribution is -2.47. The third-order valence-corrected chi connectivity index (χ3v) is 4.07. The van der Waals surface area contributed by atoms with Gasteiger partial charge in [0.15, 0.2) is 5.25 Å². The van der Waals surface area contributed by atoms with Crippen molar-refractivity contribution in [3.8, 4) is 0 Å². The molecule has 2 N–H and O–H groups in total. The van der Waals surface area contributed by atoms with Gasteiger partial charge in [0, 0.05) is 6.04 Å². The number of rotatable bonds is 6. The quantitative estimate of drug-likeness (QED) is 0.622. The van der Waals surface area contributed by atoms with E-state index in [4.69, 9.17) is 5.11 Å². The number of aliphatic hydroxyl groups excluding tert-OH is 1. The van der Waals surface area contributed by atoms with Crippen molar-refractivity contribution in [3.63, 3.8) is 0 Å². The first-order valence-electron chi connectivity index (χ1n) is 4.96. The summed E-state index contributed by atoms with van der Waals surface area (Å²) in [5, 5.41) is 7.71. The number of esters is 1. The Hall–Kier alpha value is -0.660. The van der Waals surface area contributed by atoms with Crippen LogP contribution >= 0.6 is 0 Å². The molecule has 0 radical (unpaired) electrons. The summed E-state index contributed by atoms with van der Waals surface area (Å²) >= 11 is 0. The molecule has 6 nitrogen and oxygen atoms in total. The third kappa shape index (κ3) is 4.07. The summed E-state index contributed by atoms with van der Waals surface area (Å²) in [5.41, 5.74) is 0. The van der Waals surface area contributed by atoms with E-state index in [1.807, 2.05) is 0 Å². The summed E-state index contributed by atoms with van der Waals surface area (Å²) in [6.45, 7) is 4.46. The van der Waals surface area contributed by atoms with E-state index in [1.54, 1.807) is 13.8 Å². The fourth-order valence-electron chi connectivity index (χ4n) is 0.990. The molecule has 0 aliphatic heterocycles. The number of nitrogens with one attached hydrogen (secondary N) is 1. The number of aliphatic hydroxyl groups is 1. The number of sulfonamides is 1. The monoisotopic (exact) mass is 253 g/mol. The van der Waals surface area contributed by atoms with Gasteiger partial charge in [-0.15, -0.1) is 0 Å². The summed E-state index contributed by atoms with van der Waals surface area (Å²) in [6, 6.07) is -0.600. The van der Waals surface area contributed by atoms with Crippen LogP contribution in [0.4, 0.5) is 0 Å². The summed E-state index contributed by atoms with van der Waals surface area (Å²) in [5.74, 6) is -0.891. The molecule has 16 heavy (non-hydrogen) atoms. The smallest absolute Gasteiger partial charge is 0.325 e. The number of ether oxygens (including phenoxy) is 1. The maximum atomic E-state index is 11.7. The molecule has 7 heteroatoms. The van der Waals surface area contributed by atoms with Crippen LogP contribution < -0.4 is 4.72 Å². The average molecular weight is 253 g/mol. The maximum Gasteiger partial charge on any atom is 0.325 e. The van der Waals surface area contributed by atoms with Crippen LogP contribution in [0.25, 0.3) is 0 Å². The van der Waals surface area contributed by atoms with Crippen molar-refractivity contribution in [1.82, 2.24) is 4.72 Å². The van der Waals surface area contributed by atoms with Crippen molar-refractivity contribution in [2.75, 3.05) is 13.7 Å². The van der Waals surface area contributed by atoms with E-state index >= 15 is 0 Å². The molecule has 0 aliphatic rings. The fourth-order valence-corrected chi connectivity index (χ4v) is 2.31. The van der Waals surface area contributed by atoms with E-state index in [2.05, 4.69) is 9.46 Å². The van der Waals surface area contributed by atoms with Gasteiger partial charge < -0.3 is 9.84 Å². The molecule has 0 saturated carbocycles. The zero-order valence-corrected chi connectivity index (χ0v) is 10.7. The third-order valence-electron chi connectivity index (χ3n) is 2.32. The zero-order chi connectivity index (χ0) is 12.9. The van der Waals surface area contributed by atoms with E-state index in [9.17, 15) is 13.2 Å². The zero-order valence-electron chi connectivity index (χ0n) is 9.93. The van der Waals surface area contributed by atoms with E-state index in [-0.39, 0.29) is 12.5 Å². The van der Waals surface area contributed by atoms with Gasteiger partial charge in [-0.05, 0) is 12.8 Å². The summed E-state index contributed by atoms with van der Waals surface area (Å²) in [7, 11) is -2.69. The van der Waals surface area contributed by atoms with Crippen molar-refractivity contribution in [2.24, 2.45) is 5.92 Å². The normalized spacial score (nSPS) is 15.9. The maximum absolute atomic E-state index is 11.7. The molecule has 0 bridgehead atoms. The predicted molar refractivity (Wildman–Crippen MR) is 59.2 cm³/mol. The first-order valence-corrected chi connectivity index (χ1v) is 6.50. The minimum atomic E-state index is -3.81. The largest absolute Gasteiger partial charge is 0.468 e. The summed E-state index contributed by atoms with van der Waals surface area (Å²) in [4.78, 5) is 11.1. The first-order chi connectivity index (χ1) is 7.26. The molecular weight excluding hydrogens is 234 g/mol. The van der Waals surface area contributed by atoms with Gasteiger partial charge >= 0.3 is 5.97 Å². The van der Waals surface area contributed by atoms with Crippen LogP contribution in [0.1, 0.15) is 20.8 Å². The van der Waals surface area contributed by atoms with Gasteiger partial charge in [-0.3, -0.25) is 4.79 Å². The molecule has 2 atom stereocenters. The highest BCUT2D eigenvalue weighted by molar-refractivity contribution is 7.90. The van der Waals surface area contributed by atoms with Crippen LogP contribution in [-0.2, 0) is 19.6 Å². The number of carbonyl (C=O) groups is 1. The standard InChI is InChI=1S/C9H19NO5S/c1-6(2)8(5-11)10-16(13,14)7(3)9(12)15-4/h6-8,10-11H,5H2,1-4H3/t7?,8-/m1/s1. The van der Waals surface area contributed by atoms with Crippen molar-refractivity contribution in [1.29, 1.82) is 0 Å². The van der Waals surface area contributed by atoms with Crippen molar-refractivity contribution in [3.05, 3.63) is 0 Å². The van der Waals surface area contributed by atoms with Crippen LogP contribution in [0.2, 0.25) is 0 Å². The Morgan fingerprint density at radius 2 is 1.88 bits per heavy atom. The van der Waals surface area contributed by atoms with Crippen LogP contribution in [0.15, 0.2) is 0 Å². The molecule has 0 aromatic rings. The lowest BCUT2D eigenvalue weighted by molar-refractivity contribution is -0.139. The van der Waals surface area contributed by atoms with E-state index in [0.29, 0.717) is 0 Å². The number of carbonyl (C=O) groups excluding carboxylic acids is 1.